The molecule has 0 aliphatic rings. The summed E-state index contributed by atoms with van der Waals surface area (Å²) < 4.78 is 16.8. The molecule has 0 heterocycles. The first-order valence-corrected chi connectivity index (χ1v) is 26.8. The van der Waals surface area contributed by atoms with Crippen molar-refractivity contribution in [3.05, 3.63) is 134 Å². The molecule has 0 aliphatic heterocycles. The quantitative estimate of drug-likeness (QED) is 0.0199. The summed E-state index contributed by atoms with van der Waals surface area (Å²) in [5.41, 5.74) is 0. The molecular weight excluding hydrogens is 829 g/mol. The fourth-order valence-electron chi connectivity index (χ4n) is 6.84. The molecule has 0 bridgehead atoms. The Hall–Kier alpha value is -4.45. The van der Waals surface area contributed by atoms with Gasteiger partial charge >= 0.3 is 17.9 Å². The Bertz CT molecular complexity index is 1480. The topological polar surface area (TPSA) is 78.9 Å². The summed E-state index contributed by atoms with van der Waals surface area (Å²) in [7, 11) is 0. The second-order valence-corrected chi connectivity index (χ2v) is 17.2. The molecule has 0 amide bonds. The van der Waals surface area contributed by atoms with E-state index in [4.69, 9.17) is 14.2 Å². The standard InChI is InChI=1S/C61H96O6/c1-4-7-10-13-16-19-22-25-28-30-31-34-36-39-42-45-48-51-54-60(63)66-57-58(56-65-59(62)53-50-47-44-41-38-35-32-27-24-21-18-15-12-9-6-3)67-61(64)55-52-49-46-43-40-37-33-29-26-23-20-17-14-11-8-5-2/h8-13,15-22,24-26,28-31,34,58H,4-7,14,23,27,32-33,35-57H2,1-3H3/b11-8-,12-9-,13-10-,18-15-,19-16-,20-17-,24-21-,25-22-,29-26-,30-28-,34-31-. The van der Waals surface area contributed by atoms with E-state index in [2.05, 4.69) is 124 Å². The molecule has 0 radical (unpaired) electrons. The molecule has 6 nitrogen and oxygen atoms in total. The highest BCUT2D eigenvalue weighted by Crippen LogP contribution is 2.14. The Morgan fingerprint density at radius 3 is 1.09 bits per heavy atom. The van der Waals surface area contributed by atoms with Gasteiger partial charge < -0.3 is 14.2 Å². The Balaban J connectivity index is 4.51. The van der Waals surface area contributed by atoms with Gasteiger partial charge in [0.25, 0.3) is 0 Å². The van der Waals surface area contributed by atoms with Crippen molar-refractivity contribution in [2.24, 2.45) is 0 Å². The molecule has 0 saturated carbocycles. The number of unbranched alkanes of at least 4 members (excludes halogenated alkanes) is 19. The van der Waals surface area contributed by atoms with Gasteiger partial charge in [-0.05, 0) is 89.9 Å². The molecule has 1 atom stereocenters. The van der Waals surface area contributed by atoms with Gasteiger partial charge in [0.2, 0.25) is 0 Å². The van der Waals surface area contributed by atoms with E-state index in [0.717, 1.165) is 128 Å². The van der Waals surface area contributed by atoms with Crippen molar-refractivity contribution in [2.75, 3.05) is 13.2 Å². The average molecular weight is 925 g/mol. The van der Waals surface area contributed by atoms with Gasteiger partial charge in [0.05, 0.1) is 0 Å². The molecule has 1 unspecified atom stereocenters. The monoisotopic (exact) mass is 925 g/mol. The van der Waals surface area contributed by atoms with E-state index < -0.39 is 6.10 Å². The summed E-state index contributed by atoms with van der Waals surface area (Å²) in [6.45, 7) is 6.25. The molecule has 0 aromatic rings. The summed E-state index contributed by atoms with van der Waals surface area (Å²) in [4.78, 5) is 38.1. The number of carbonyl (C=O) groups excluding carboxylic acids is 3. The van der Waals surface area contributed by atoms with E-state index >= 15 is 0 Å². The minimum absolute atomic E-state index is 0.103. The number of rotatable bonds is 46. The smallest absolute Gasteiger partial charge is 0.306 e. The van der Waals surface area contributed by atoms with Crippen LogP contribution in [0.2, 0.25) is 0 Å². The second kappa shape index (κ2) is 54.2. The van der Waals surface area contributed by atoms with Gasteiger partial charge in [-0.25, -0.2) is 0 Å². The Kier molecular flexibility index (Phi) is 50.6. The van der Waals surface area contributed by atoms with Crippen LogP contribution in [-0.2, 0) is 28.6 Å². The molecule has 0 saturated heterocycles. The lowest BCUT2D eigenvalue weighted by atomic mass is 10.1. The van der Waals surface area contributed by atoms with Crippen molar-refractivity contribution in [1.29, 1.82) is 0 Å². The van der Waals surface area contributed by atoms with Crippen LogP contribution in [0.3, 0.4) is 0 Å². The SMILES string of the molecule is CC\C=C/C=C\C=C/CCCCCCCCCC(=O)OCC(COC(=O)CCCCCCC\C=C/C=C\C=C/C=C\C=C/CCC)OC(=O)CCCCCCCC/C=C\C/C=C\C/C=C\CC. The van der Waals surface area contributed by atoms with Gasteiger partial charge in [-0.3, -0.25) is 14.4 Å². The third kappa shape index (κ3) is 52.4. The van der Waals surface area contributed by atoms with Gasteiger partial charge in [0.15, 0.2) is 6.10 Å². The largest absolute Gasteiger partial charge is 0.462 e. The number of carbonyl (C=O) groups is 3. The highest BCUT2D eigenvalue weighted by atomic mass is 16.6. The summed E-state index contributed by atoms with van der Waals surface area (Å²) in [6, 6.07) is 0. The number of hydrogen-bond acceptors (Lipinski definition) is 6. The number of allylic oxidation sites excluding steroid dienone is 22. The maximum Gasteiger partial charge on any atom is 0.306 e. The highest BCUT2D eigenvalue weighted by Gasteiger charge is 2.19. The number of hydrogen-bond donors (Lipinski definition) is 0. The fraction of sp³-hybridized carbons (Fsp3) is 0.590. The van der Waals surface area contributed by atoms with Crippen molar-refractivity contribution in [3.8, 4) is 0 Å². The Morgan fingerprint density at radius 1 is 0.328 bits per heavy atom. The van der Waals surface area contributed by atoms with Gasteiger partial charge in [-0.1, -0.05) is 238 Å². The van der Waals surface area contributed by atoms with Crippen molar-refractivity contribution in [3.63, 3.8) is 0 Å². The van der Waals surface area contributed by atoms with Crippen LogP contribution in [0.15, 0.2) is 134 Å². The molecule has 0 N–H and O–H groups in total. The Morgan fingerprint density at radius 2 is 0.657 bits per heavy atom. The fourth-order valence-corrected chi connectivity index (χ4v) is 6.84. The van der Waals surface area contributed by atoms with E-state index in [9.17, 15) is 14.4 Å². The minimum atomic E-state index is -0.806. The molecular formula is C61H96O6. The van der Waals surface area contributed by atoms with Crippen LogP contribution < -0.4 is 0 Å². The highest BCUT2D eigenvalue weighted by molar-refractivity contribution is 5.71. The van der Waals surface area contributed by atoms with Crippen LogP contribution in [0.4, 0.5) is 0 Å². The first-order chi connectivity index (χ1) is 33.0. The lowest BCUT2D eigenvalue weighted by Crippen LogP contribution is -2.30. The zero-order valence-corrected chi connectivity index (χ0v) is 42.9. The lowest BCUT2D eigenvalue weighted by Gasteiger charge is -2.18. The molecule has 0 aliphatic carbocycles. The molecule has 0 rings (SSSR count). The molecule has 0 aromatic heterocycles. The predicted octanol–water partition coefficient (Wildman–Crippen LogP) is 17.9. The summed E-state index contributed by atoms with van der Waals surface area (Å²) >= 11 is 0. The third-order valence-corrected chi connectivity index (χ3v) is 10.8. The van der Waals surface area contributed by atoms with Gasteiger partial charge in [0.1, 0.15) is 13.2 Å². The molecule has 0 spiro atoms. The van der Waals surface area contributed by atoms with Gasteiger partial charge in [-0.2, -0.15) is 0 Å². The minimum Gasteiger partial charge on any atom is -0.462 e. The summed E-state index contributed by atoms with van der Waals surface area (Å²) in [5, 5.41) is 0. The molecule has 0 fully saturated rings. The van der Waals surface area contributed by atoms with Crippen molar-refractivity contribution in [2.45, 2.75) is 219 Å². The normalized spacial score (nSPS) is 13.2. The van der Waals surface area contributed by atoms with Crippen LogP contribution in [-0.4, -0.2) is 37.2 Å². The second-order valence-electron chi connectivity index (χ2n) is 17.2. The zero-order chi connectivity index (χ0) is 48.6. The third-order valence-electron chi connectivity index (χ3n) is 10.8. The van der Waals surface area contributed by atoms with Crippen LogP contribution >= 0.6 is 0 Å². The van der Waals surface area contributed by atoms with Crippen LogP contribution in [0.25, 0.3) is 0 Å². The van der Waals surface area contributed by atoms with Gasteiger partial charge in [0, 0.05) is 19.3 Å². The van der Waals surface area contributed by atoms with Crippen LogP contribution in [0, 0.1) is 0 Å². The number of esters is 3. The maximum absolute atomic E-state index is 12.8. The van der Waals surface area contributed by atoms with Gasteiger partial charge in [-0.15, -0.1) is 0 Å². The van der Waals surface area contributed by atoms with Crippen molar-refractivity contribution >= 4 is 17.9 Å². The molecule has 0 aromatic carbocycles. The maximum atomic E-state index is 12.8. The molecule has 376 valence electrons. The van der Waals surface area contributed by atoms with E-state index in [1.165, 1.54) is 44.9 Å². The van der Waals surface area contributed by atoms with Crippen molar-refractivity contribution < 1.29 is 28.6 Å². The van der Waals surface area contributed by atoms with E-state index in [0.29, 0.717) is 19.3 Å². The van der Waals surface area contributed by atoms with Crippen LogP contribution in [0.1, 0.15) is 213 Å². The summed E-state index contributed by atoms with van der Waals surface area (Å²) in [5.74, 6) is -0.960. The first kappa shape index (κ1) is 62.5. The van der Waals surface area contributed by atoms with E-state index in [1.807, 2.05) is 30.4 Å². The predicted molar refractivity (Wildman–Crippen MR) is 288 cm³/mol. The zero-order valence-electron chi connectivity index (χ0n) is 42.9. The van der Waals surface area contributed by atoms with Crippen molar-refractivity contribution in [1.82, 2.24) is 0 Å². The Labute approximate surface area is 411 Å². The lowest BCUT2D eigenvalue weighted by molar-refractivity contribution is -0.167. The van der Waals surface area contributed by atoms with E-state index in [1.54, 1.807) is 0 Å². The molecule has 67 heavy (non-hydrogen) atoms. The van der Waals surface area contributed by atoms with Crippen LogP contribution in [0.5, 0.6) is 0 Å². The molecule has 6 heteroatoms. The first-order valence-electron chi connectivity index (χ1n) is 26.8. The van der Waals surface area contributed by atoms with E-state index in [-0.39, 0.29) is 31.1 Å². The number of ether oxygens (including phenoxy) is 3. The average Bonchev–Trinajstić information content (AvgIpc) is 3.33. The summed E-state index contributed by atoms with van der Waals surface area (Å²) in [6.07, 6.45) is 75.6.